The van der Waals surface area contributed by atoms with Crippen molar-refractivity contribution in [3.8, 4) is 5.75 Å². The van der Waals surface area contributed by atoms with Crippen LogP contribution in [-0.4, -0.2) is 34.7 Å². The number of rotatable bonds is 7. The van der Waals surface area contributed by atoms with E-state index in [4.69, 9.17) is 9.47 Å². The third kappa shape index (κ3) is 5.39. The second kappa shape index (κ2) is 10.4. The minimum Gasteiger partial charge on any atom is -0.486 e. The molecule has 5 rings (SSSR count). The lowest BCUT2D eigenvalue weighted by molar-refractivity contribution is -0.149. The van der Waals surface area contributed by atoms with Gasteiger partial charge in [-0.15, -0.1) is 0 Å². The normalized spacial score (nSPS) is 25.2. The van der Waals surface area contributed by atoms with E-state index in [2.05, 4.69) is 31.3 Å². The van der Waals surface area contributed by atoms with Crippen LogP contribution >= 0.6 is 0 Å². The molecule has 2 aliphatic rings. The number of ether oxygens (including phenoxy) is 2. The Bertz CT molecular complexity index is 1260. The fourth-order valence-electron chi connectivity index (χ4n) is 5.69. The summed E-state index contributed by atoms with van der Waals surface area (Å²) < 4.78 is 13.1. The lowest BCUT2D eigenvalue weighted by atomic mass is 9.72. The molecule has 0 spiro atoms. The van der Waals surface area contributed by atoms with Crippen molar-refractivity contribution in [1.82, 2.24) is 5.32 Å². The van der Waals surface area contributed by atoms with E-state index in [1.807, 2.05) is 60.7 Å². The van der Waals surface area contributed by atoms with Crippen LogP contribution in [-0.2, 0) is 22.4 Å². The van der Waals surface area contributed by atoms with E-state index in [0.29, 0.717) is 11.3 Å². The zero-order valence-electron chi connectivity index (χ0n) is 21.2. The van der Waals surface area contributed by atoms with Crippen molar-refractivity contribution in [3.63, 3.8) is 0 Å². The van der Waals surface area contributed by atoms with Crippen LogP contribution in [0.3, 0.4) is 0 Å². The van der Waals surface area contributed by atoms with Crippen molar-refractivity contribution >= 4 is 11.9 Å². The molecule has 0 unspecified atom stereocenters. The molecule has 37 heavy (non-hydrogen) atoms. The molecule has 2 N–H and O–H groups in total. The number of hydrogen-bond acceptors (Lipinski definition) is 4. The smallest absolute Gasteiger partial charge is 0.326 e. The molecule has 6 heteroatoms. The van der Waals surface area contributed by atoms with Crippen LogP contribution in [0.15, 0.2) is 78.9 Å². The zero-order chi connectivity index (χ0) is 26.0. The number of carbonyl (C=O) groups is 2. The Morgan fingerprint density at radius 3 is 2.35 bits per heavy atom. The third-order valence-electron chi connectivity index (χ3n) is 7.62. The summed E-state index contributed by atoms with van der Waals surface area (Å²) in [6.45, 7) is 4.24. The van der Waals surface area contributed by atoms with E-state index in [1.54, 1.807) is 6.07 Å². The van der Waals surface area contributed by atoms with Gasteiger partial charge in [-0.2, -0.15) is 0 Å². The monoisotopic (exact) mass is 499 g/mol. The molecule has 2 heterocycles. The molecule has 1 amide bonds. The number of carboxylic acids is 1. The van der Waals surface area contributed by atoms with Crippen LogP contribution in [0.2, 0.25) is 0 Å². The van der Waals surface area contributed by atoms with Crippen LogP contribution < -0.4 is 10.1 Å². The highest BCUT2D eigenvalue weighted by atomic mass is 16.5. The summed E-state index contributed by atoms with van der Waals surface area (Å²) in [5.41, 5.74) is 2.85. The zero-order valence-corrected chi connectivity index (χ0v) is 21.2. The number of nitrogens with one attached hydrogen (secondary N) is 1. The van der Waals surface area contributed by atoms with Gasteiger partial charge >= 0.3 is 5.97 Å². The van der Waals surface area contributed by atoms with E-state index in [0.717, 1.165) is 30.4 Å². The SMILES string of the molecule is C[C@@H]1CC[C@@H]2[C@@H](O1)c1cc(C(=O)N[C@@H](Cc3ccccc3)C(=O)O)ccc1O[C@@]2(C)Cc1ccccc1. The quantitative estimate of drug-likeness (QED) is 0.457. The predicted molar refractivity (Wildman–Crippen MR) is 141 cm³/mol. The lowest BCUT2D eigenvalue weighted by Gasteiger charge is -2.50. The predicted octanol–water partition coefficient (Wildman–Crippen LogP) is 5.36. The Kier molecular flexibility index (Phi) is 7.02. The number of fused-ring (bicyclic) bond motifs is 3. The molecule has 2 aliphatic heterocycles. The molecule has 3 aromatic rings. The molecule has 1 saturated heterocycles. The summed E-state index contributed by atoms with van der Waals surface area (Å²) in [6, 6.07) is 23.9. The van der Waals surface area contributed by atoms with Gasteiger partial charge in [-0.3, -0.25) is 4.79 Å². The summed E-state index contributed by atoms with van der Waals surface area (Å²) in [5.74, 6) is -0.659. The average molecular weight is 500 g/mol. The first-order chi connectivity index (χ1) is 17.8. The Morgan fingerprint density at radius 1 is 1.00 bits per heavy atom. The van der Waals surface area contributed by atoms with Crippen LogP contribution in [0.5, 0.6) is 5.75 Å². The Hall–Kier alpha value is -3.64. The van der Waals surface area contributed by atoms with Gasteiger partial charge in [0.25, 0.3) is 5.91 Å². The van der Waals surface area contributed by atoms with Crippen LogP contribution in [0.25, 0.3) is 0 Å². The van der Waals surface area contributed by atoms with Crippen molar-refractivity contribution in [2.45, 2.75) is 63.4 Å². The highest BCUT2D eigenvalue weighted by Gasteiger charge is 2.49. The third-order valence-corrected chi connectivity index (χ3v) is 7.62. The minimum absolute atomic E-state index is 0.105. The maximum absolute atomic E-state index is 13.2. The first-order valence-corrected chi connectivity index (χ1v) is 12.9. The summed E-state index contributed by atoms with van der Waals surface area (Å²) in [7, 11) is 0. The van der Waals surface area contributed by atoms with Crippen molar-refractivity contribution in [1.29, 1.82) is 0 Å². The molecule has 5 atom stereocenters. The van der Waals surface area contributed by atoms with Crippen LogP contribution in [0.1, 0.15) is 59.8 Å². The van der Waals surface area contributed by atoms with Crippen molar-refractivity contribution in [2.75, 3.05) is 0 Å². The van der Waals surface area contributed by atoms with Gasteiger partial charge in [0.15, 0.2) is 0 Å². The van der Waals surface area contributed by atoms with Gasteiger partial charge in [0.1, 0.15) is 17.4 Å². The van der Waals surface area contributed by atoms with Crippen LogP contribution in [0.4, 0.5) is 0 Å². The van der Waals surface area contributed by atoms with E-state index < -0.39 is 23.5 Å². The molecule has 0 aromatic heterocycles. The number of carboxylic acid groups (broad SMARTS) is 1. The van der Waals surface area contributed by atoms with Gasteiger partial charge in [0.2, 0.25) is 0 Å². The lowest BCUT2D eigenvalue weighted by Crippen LogP contribution is -2.51. The Labute approximate surface area is 217 Å². The first kappa shape index (κ1) is 25.0. The average Bonchev–Trinajstić information content (AvgIpc) is 2.89. The number of amides is 1. The molecule has 0 bridgehead atoms. The maximum atomic E-state index is 13.2. The van der Waals surface area contributed by atoms with Crippen molar-refractivity contribution in [2.24, 2.45) is 5.92 Å². The molecule has 192 valence electrons. The summed E-state index contributed by atoms with van der Waals surface area (Å²) in [6.07, 6.45) is 2.78. The standard InChI is InChI=1S/C31H33NO5/c1-20-13-15-25-28(36-20)24-18-23(29(33)32-26(30(34)35)17-21-9-5-3-6-10-21)14-16-27(24)37-31(25,2)19-22-11-7-4-8-12-22/h3-12,14,16,18,20,25-26,28H,13,15,17,19H2,1-2H3,(H,32,33)(H,34,35)/t20-,25-,26+,28+,31+/m1/s1. The second-order valence-corrected chi connectivity index (χ2v) is 10.4. The summed E-state index contributed by atoms with van der Waals surface area (Å²) in [5, 5.41) is 12.4. The minimum atomic E-state index is -1.07. The van der Waals surface area contributed by atoms with Gasteiger partial charge in [0.05, 0.1) is 12.2 Å². The summed E-state index contributed by atoms with van der Waals surface area (Å²) >= 11 is 0. The molecule has 0 saturated carbocycles. The van der Waals surface area contributed by atoms with E-state index in [9.17, 15) is 14.7 Å². The van der Waals surface area contributed by atoms with Gasteiger partial charge in [-0.1, -0.05) is 60.7 Å². The van der Waals surface area contributed by atoms with E-state index in [1.165, 1.54) is 5.56 Å². The topological polar surface area (TPSA) is 84.9 Å². The second-order valence-electron chi connectivity index (χ2n) is 10.4. The highest BCUT2D eigenvalue weighted by Crippen LogP contribution is 2.51. The van der Waals surface area contributed by atoms with E-state index in [-0.39, 0.29) is 24.5 Å². The largest absolute Gasteiger partial charge is 0.486 e. The molecule has 1 fully saturated rings. The molecular formula is C31H33NO5. The maximum Gasteiger partial charge on any atom is 0.326 e. The van der Waals surface area contributed by atoms with Gasteiger partial charge in [0, 0.05) is 29.9 Å². The van der Waals surface area contributed by atoms with Gasteiger partial charge < -0.3 is 19.9 Å². The molecule has 0 aliphatic carbocycles. The molecule has 3 aromatic carbocycles. The summed E-state index contributed by atoms with van der Waals surface area (Å²) in [4.78, 5) is 25.1. The molecule has 6 nitrogen and oxygen atoms in total. The number of aliphatic carboxylic acids is 1. The van der Waals surface area contributed by atoms with Gasteiger partial charge in [-0.25, -0.2) is 4.79 Å². The molecular weight excluding hydrogens is 466 g/mol. The van der Waals surface area contributed by atoms with E-state index >= 15 is 0 Å². The Morgan fingerprint density at radius 2 is 1.68 bits per heavy atom. The molecule has 0 radical (unpaired) electrons. The number of hydrogen-bond donors (Lipinski definition) is 2. The highest BCUT2D eigenvalue weighted by molar-refractivity contribution is 5.97. The first-order valence-electron chi connectivity index (χ1n) is 12.9. The number of benzene rings is 3. The van der Waals surface area contributed by atoms with Crippen LogP contribution in [0, 0.1) is 5.92 Å². The fraction of sp³-hybridized carbons (Fsp3) is 0.355. The fourth-order valence-corrected chi connectivity index (χ4v) is 5.69. The van der Waals surface area contributed by atoms with Crippen molar-refractivity contribution in [3.05, 3.63) is 101 Å². The number of carbonyl (C=O) groups excluding carboxylic acids is 1. The van der Waals surface area contributed by atoms with Crippen molar-refractivity contribution < 1.29 is 24.2 Å². The van der Waals surface area contributed by atoms with Gasteiger partial charge in [-0.05, 0) is 56.0 Å². The Balaban J connectivity index is 1.41.